The number of fused-ring (bicyclic) bond motifs is 2. The summed E-state index contributed by atoms with van der Waals surface area (Å²) in [7, 11) is 1.62. The number of nitrogens with zero attached hydrogens (tertiary/aromatic N) is 2. The Labute approximate surface area is 171 Å². The Morgan fingerprint density at radius 3 is 2.76 bits per heavy atom. The highest BCUT2D eigenvalue weighted by Gasteiger charge is 2.38. The van der Waals surface area contributed by atoms with Crippen molar-refractivity contribution in [1.29, 1.82) is 5.26 Å². The Hall–Kier alpha value is -3.26. The number of ether oxygens (including phenoxy) is 2. The summed E-state index contributed by atoms with van der Waals surface area (Å²) in [5.41, 5.74) is 3.63. The van der Waals surface area contributed by atoms with E-state index in [9.17, 15) is 10.1 Å². The van der Waals surface area contributed by atoms with Gasteiger partial charge in [-0.3, -0.25) is 4.90 Å². The molecule has 0 aromatic heterocycles. The molecule has 5 nitrogen and oxygen atoms in total. The third-order valence-corrected chi connectivity index (χ3v) is 5.75. The molecule has 148 valence electrons. The van der Waals surface area contributed by atoms with E-state index in [2.05, 4.69) is 12.1 Å². The Balaban J connectivity index is 1.56. The van der Waals surface area contributed by atoms with E-state index in [4.69, 9.17) is 9.47 Å². The van der Waals surface area contributed by atoms with Crippen molar-refractivity contribution in [3.63, 3.8) is 0 Å². The molecule has 2 unspecified atom stereocenters. The predicted octanol–water partition coefficient (Wildman–Crippen LogP) is 4.91. The third kappa shape index (κ3) is 3.97. The number of hydrogen-bond acceptors (Lipinski definition) is 4. The minimum atomic E-state index is -0.259. The standard InChI is InChI=1S/C24H24N2O3/c1-28-22-11-10-18(15-25)23(14-22)19-12-20-8-5-9-21(13-19)26(20)24(27)29-16-17-6-3-2-4-7-17/h2-4,6-7,10-12,14,20-21H,5,8-9,13,16H2,1H3. The third-order valence-electron chi connectivity index (χ3n) is 5.75. The lowest BCUT2D eigenvalue weighted by Crippen LogP contribution is -2.51. The van der Waals surface area contributed by atoms with Gasteiger partial charge < -0.3 is 9.47 Å². The quantitative estimate of drug-likeness (QED) is 0.746. The van der Waals surface area contributed by atoms with E-state index in [1.54, 1.807) is 19.2 Å². The normalized spacial score (nSPS) is 20.4. The van der Waals surface area contributed by atoms with Crippen molar-refractivity contribution in [3.8, 4) is 11.8 Å². The maximum atomic E-state index is 12.9. The van der Waals surface area contributed by atoms with Crippen molar-refractivity contribution in [2.45, 2.75) is 44.4 Å². The topological polar surface area (TPSA) is 62.6 Å². The van der Waals surface area contributed by atoms with E-state index in [1.807, 2.05) is 41.3 Å². The van der Waals surface area contributed by atoms with Crippen LogP contribution >= 0.6 is 0 Å². The molecule has 0 saturated carbocycles. The van der Waals surface area contributed by atoms with Crippen molar-refractivity contribution in [1.82, 2.24) is 4.90 Å². The van der Waals surface area contributed by atoms with Gasteiger partial charge in [0.25, 0.3) is 0 Å². The molecule has 2 aliphatic rings. The molecule has 29 heavy (non-hydrogen) atoms. The van der Waals surface area contributed by atoms with Gasteiger partial charge in [-0.15, -0.1) is 0 Å². The van der Waals surface area contributed by atoms with Crippen LogP contribution in [-0.4, -0.2) is 30.2 Å². The van der Waals surface area contributed by atoms with Gasteiger partial charge in [-0.25, -0.2) is 4.79 Å². The van der Waals surface area contributed by atoms with Gasteiger partial charge in [-0.2, -0.15) is 5.26 Å². The van der Waals surface area contributed by atoms with Crippen molar-refractivity contribution in [2.24, 2.45) is 0 Å². The van der Waals surface area contributed by atoms with Crippen molar-refractivity contribution >= 4 is 11.7 Å². The zero-order valence-electron chi connectivity index (χ0n) is 16.5. The molecule has 2 aromatic rings. The van der Waals surface area contributed by atoms with Crippen LogP contribution in [0.2, 0.25) is 0 Å². The number of rotatable bonds is 4. The molecule has 4 rings (SSSR count). The zero-order valence-corrected chi connectivity index (χ0v) is 16.5. The summed E-state index contributed by atoms with van der Waals surface area (Å²) < 4.78 is 11.0. The number of hydrogen-bond donors (Lipinski definition) is 0. The van der Waals surface area contributed by atoms with E-state index in [-0.39, 0.29) is 24.8 Å². The van der Waals surface area contributed by atoms with E-state index in [0.717, 1.165) is 48.1 Å². The average Bonchev–Trinajstić information content (AvgIpc) is 2.76. The first kappa shape index (κ1) is 19.1. The van der Waals surface area contributed by atoms with Gasteiger partial charge in [0, 0.05) is 6.04 Å². The van der Waals surface area contributed by atoms with Gasteiger partial charge in [-0.1, -0.05) is 36.4 Å². The highest BCUT2D eigenvalue weighted by Crippen LogP contribution is 2.39. The van der Waals surface area contributed by atoms with Crippen LogP contribution in [0.5, 0.6) is 5.75 Å². The molecule has 2 aliphatic heterocycles. The van der Waals surface area contributed by atoms with E-state index in [0.29, 0.717) is 5.56 Å². The number of carbonyl (C=O) groups is 1. The second-order valence-corrected chi connectivity index (χ2v) is 7.52. The molecule has 1 saturated heterocycles. The van der Waals surface area contributed by atoms with Crippen LogP contribution in [0.1, 0.15) is 42.4 Å². The molecule has 5 heteroatoms. The van der Waals surface area contributed by atoms with Gasteiger partial charge >= 0.3 is 6.09 Å². The molecule has 0 spiro atoms. The summed E-state index contributed by atoms with van der Waals surface area (Å²) in [6.45, 7) is 0.278. The number of piperidine rings is 1. The average molecular weight is 388 g/mol. The van der Waals surface area contributed by atoms with Crippen LogP contribution in [0, 0.1) is 11.3 Å². The molecule has 2 aromatic carbocycles. The molecular formula is C24H24N2O3. The zero-order chi connectivity index (χ0) is 20.2. The first-order valence-electron chi connectivity index (χ1n) is 9.98. The number of methoxy groups -OCH3 is 1. The number of benzene rings is 2. The first-order valence-corrected chi connectivity index (χ1v) is 9.98. The molecular weight excluding hydrogens is 364 g/mol. The molecule has 1 amide bonds. The lowest BCUT2D eigenvalue weighted by molar-refractivity contribution is 0.0510. The Morgan fingerprint density at radius 2 is 2.03 bits per heavy atom. The lowest BCUT2D eigenvalue weighted by atomic mass is 9.82. The highest BCUT2D eigenvalue weighted by molar-refractivity contribution is 5.77. The fraction of sp³-hybridized carbons (Fsp3) is 0.333. The van der Waals surface area contributed by atoms with E-state index >= 15 is 0 Å². The maximum absolute atomic E-state index is 12.9. The monoisotopic (exact) mass is 388 g/mol. The highest BCUT2D eigenvalue weighted by atomic mass is 16.6. The molecule has 0 aliphatic carbocycles. The first-order chi connectivity index (χ1) is 14.2. The summed E-state index contributed by atoms with van der Waals surface area (Å²) in [6, 6.07) is 17.6. The SMILES string of the molecule is COc1ccc(C#N)c(C2=CC3CCCC(C2)N3C(=O)OCc2ccccc2)c1. The van der Waals surface area contributed by atoms with Gasteiger partial charge in [0.15, 0.2) is 0 Å². The van der Waals surface area contributed by atoms with E-state index in [1.165, 1.54) is 0 Å². The molecule has 2 bridgehead atoms. The van der Waals surface area contributed by atoms with Crippen molar-refractivity contribution in [3.05, 3.63) is 71.3 Å². The van der Waals surface area contributed by atoms with Crippen LogP contribution in [0.4, 0.5) is 4.79 Å². The lowest BCUT2D eigenvalue weighted by Gasteiger charge is -2.44. The number of carbonyl (C=O) groups excluding carboxylic acids is 1. The van der Waals surface area contributed by atoms with Gasteiger partial charge in [0.05, 0.1) is 24.8 Å². The molecule has 1 fully saturated rings. The second kappa shape index (κ2) is 8.40. The second-order valence-electron chi connectivity index (χ2n) is 7.52. The van der Waals surface area contributed by atoms with Crippen LogP contribution < -0.4 is 4.74 Å². The number of nitriles is 1. The predicted molar refractivity (Wildman–Crippen MR) is 110 cm³/mol. The Kier molecular flexibility index (Phi) is 5.53. The summed E-state index contributed by atoms with van der Waals surface area (Å²) in [5.74, 6) is 0.731. The van der Waals surface area contributed by atoms with Crippen LogP contribution in [0.3, 0.4) is 0 Å². The fourth-order valence-corrected chi connectivity index (χ4v) is 4.32. The summed E-state index contributed by atoms with van der Waals surface area (Å²) in [5, 5.41) is 9.53. The molecule has 2 heterocycles. The maximum Gasteiger partial charge on any atom is 0.410 e. The Bertz CT molecular complexity index is 962. The van der Waals surface area contributed by atoms with Gasteiger partial charge in [0.1, 0.15) is 12.4 Å². The van der Waals surface area contributed by atoms with Gasteiger partial charge in [0.2, 0.25) is 0 Å². The van der Waals surface area contributed by atoms with Crippen LogP contribution in [0.25, 0.3) is 5.57 Å². The largest absolute Gasteiger partial charge is 0.497 e. The summed E-state index contributed by atoms with van der Waals surface area (Å²) in [6.07, 6.45) is 5.54. The molecule has 2 atom stereocenters. The molecule has 0 radical (unpaired) electrons. The van der Waals surface area contributed by atoms with E-state index < -0.39 is 0 Å². The van der Waals surface area contributed by atoms with Crippen molar-refractivity contribution < 1.29 is 14.3 Å². The summed E-state index contributed by atoms with van der Waals surface area (Å²) >= 11 is 0. The number of amides is 1. The summed E-state index contributed by atoms with van der Waals surface area (Å²) in [4.78, 5) is 14.7. The minimum absolute atomic E-state index is 0.00137. The Morgan fingerprint density at radius 1 is 1.21 bits per heavy atom. The fourth-order valence-electron chi connectivity index (χ4n) is 4.32. The van der Waals surface area contributed by atoms with Crippen LogP contribution in [-0.2, 0) is 11.3 Å². The van der Waals surface area contributed by atoms with Crippen molar-refractivity contribution in [2.75, 3.05) is 7.11 Å². The van der Waals surface area contributed by atoms with Gasteiger partial charge in [-0.05, 0) is 60.6 Å². The molecule has 0 N–H and O–H groups in total. The smallest absolute Gasteiger partial charge is 0.410 e. The van der Waals surface area contributed by atoms with Crippen LogP contribution in [0.15, 0.2) is 54.6 Å². The minimum Gasteiger partial charge on any atom is -0.497 e.